The summed E-state index contributed by atoms with van der Waals surface area (Å²) in [7, 11) is 1.82. The van der Waals surface area contributed by atoms with E-state index in [9.17, 15) is 4.79 Å². The molecule has 0 aliphatic carbocycles. The van der Waals surface area contributed by atoms with Crippen LogP contribution >= 0.6 is 0 Å². The summed E-state index contributed by atoms with van der Waals surface area (Å²) < 4.78 is 6.72. The van der Waals surface area contributed by atoms with Crippen LogP contribution in [0.5, 0.6) is 0 Å². The molecular formula is C9H14N2O2. The third kappa shape index (κ3) is 2.57. The Morgan fingerprint density at radius 1 is 1.69 bits per heavy atom. The average molecular weight is 182 g/mol. The van der Waals surface area contributed by atoms with Crippen molar-refractivity contribution in [2.24, 2.45) is 13.0 Å². The number of ether oxygens (including phenoxy) is 1. The van der Waals surface area contributed by atoms with Crippen molar-refractivity contribution in [3.8, 4) is 0 Å². The summed E-state index contributed by atoms with van der Waals surface area (Å²) in [5.41, 5.74) is 0.897. The zero-order chi connectivity index (χ0) is 9.84. The number of carbonyl (C=O) groups excluding carboxylic acids is 1. The number of esters is 1. The highest BCUT2D eigenvalue weighted by atomic mass is 16.5. The fourth-order valence-electron chi connectivity index (χ4n) is 0.855. The van der Waals surface area contributed by atoms with Crippen LogP contribution in [0.1, 0.15) is 19.5 Å². The first-order valence-corrected chi connectivity index (χ1v) is 4.24. The van der Waals surface area contributed by atoms with E-state index in [-0.39, 0.29) is 11.9 Å². The molecule has 0 unspecified atom stereocenters. The minimum Gasteiger partial charge on any atom is -0.459 e. The first-order valence-electron chi connectivity index (χ1n) is 4.24. The Kier molecular flexibility index (Phi) is 3.06. The smallest absolute Gasteiger partial charge is 0.308 e. The molecule has 1 aromatic rings. The number of aromatic nitrogens is 2. The van der Waals surface area contributed by atoms with E-state index in [0.29, 0.717) is 6.61 Å². The molecule has 0 N–H and O–H groups in total. The Hall–Kier alpha value is -1.32. The second-order valence-electron chi connectivity index (χ2n) is 3.21. The minimum atomic E-state index is -0.179. The Labute approximate surface area is 77.5 Å². The molecule has 4 nitrogen and oxygen atoms in total. The third-order valence-corrected chi connectivity index (χ3v) is 1.76. The molecule has 13 heavy (non-hydrogen) atoms. The van der Waals surface area contributed by atoms with E-state index in [4.69, 9.17) is 4.74 Å². The van der Waals surface area contributed by atoms with Gasteiger partial charge in [0.15, 0.2) is 0 Å². The minimum absolute atomic E-state index is 0.0757. The molecule has 0 amide bonds. The number of rotatable bonds is 3. The third-order valence-electron chi connectivity index (χ3n) is 1.76. The standard InChI is InChI=1S/C9H14N2O2/c1-7(2)9(12)13-6-8-4-5-10-11(8)3/h4-5,7H,6H2,1-3H3. The number of nitrogens with zero attached hydrogens (tertiary/aromatic N) is 2. The maximum atomic E-state index is 11.1. The SMILES string of the molecule is CC(C)C(=O)OCc1ccnn1C. The Morgan fingerprint density at radius 2 is 2.38 bits per heavy atom. The van der Waals surface area contributed by atoms with E-state index >= 15 is 0 Å². The van der Waals surface area contributed by atoms with Gasteiger partial charge in [-0.05, 0) is 6.07 Å². The van der Waals surface area contributed by atoms with E-state index in [1.165, 1.54) is 0 Å². The van der Waals surface area contributed by atoms with Crippen LogP contribution < -0.4 is 0 Å². The van der Waals surface area contributed by atoms with Crippen LogP contribution in [0.3, 0.4) is 0 Å². The molecule has 0 bridgehead atoms. The monoisotopic (exact) mass is 182 g/mol. The van der Waals surface area contributed by atoms with Crippen molar-refractivity contribution < 1.29 is 9.53 Å². The Balaban J connectivity index is 2.44. The fourth-order valence-corrected chi connectivity index (χ4v) is 0.855. The van der Waals surface area contributed by atoms with E-state index < -0.39 is 0 Å². The fraction of sp³-hybridized carbons (Fsp3) is 0.556. The Bertz CT molecular complexity index is 292. The predicted molar refractivity (Wildman–Crippen MR) is 47.8 cm³/mol. The van der Waals surface area contributed by atoms with Crippen LogP contribution in [0.15, 0.2) is 12.3 Å². The molecule has 0 saturated heterocycles. The number of hydrogen-bond acceptors (Lipinski definition) is 3. The van der Waals surface area contributed by atoms with Gasteiger partial charge in [-0.15, -0.1) is 0 Å². The van der Waals surface area contributed by atoms with Gasteiger partial charge in [-0.25, -0.2) is 0 Å². The van der Waals surface area contributed by atoms with E-state index in [1.807, 2.05) is 27.0 Å². The molecule has 0 spiro atoms. The molecule has 1 rings (SSSR count). The van der Waals surface area contributed by atoms with Crippen LogP contribution in [0, 0.1) is 5.92 Å². The van der Waals surface area contributed by atoms with Crippen molar-refractivity contribution in [2.75, 3.05) is 0 Å². The molecular weight excluding hydrogens is 168 g/mol. The van der Waals surface area contributed by atoms with Crippen molar-refractivity contribution >= 4 is 5.97 Å². The zero-order valence-electron chi connectivity index (χ0n) is 8.15. The van der Waals surface area contributed by atoms with Gasteiger partial charge in [-0.1, -0.05) is 13.8 Å². The summed E-state index contributed by atoms with van der Waals surface area (Å²) in [6.45, 7) is 3.92. The van der Waals surface area contributed by atoms with Gasteiger partial charge in [0.25, 0.3) is 0 Å². The van der Waals surface area contributed by atoms with Crippen molar-refractivity contribution in [2.45, 2.75) is 20.5 Å². The molecule has 0 radical (unpaired) electrons. The van der Waals surface area contributed by atoms with E-state index in [2.05, 4.69) is 5.10 Å². The lowest BCUT2D eigenvalue weighted by atomic mass is 10.2. The van der Waals surface area contributed by atoms with Crippen LogP contribution in [-0.2, 0) is 23.2 Å². The van der Waals surface area contributed by atoms with Gasteiger partial charge >= 0.3 is 5.97 Å². The van der Waals surface area contributed by atoms with Crippen molar-refractivity contribution in [3.05, 3.63) is 18.0 Å². The molecule has 1 heterocycles. The van der Waals surface area contributed by atoms with Crippen LogP contribution in [-0.4, -0.2) is 15.7 Å². The second kappa shape index (κ2) is 4.07. The van der Waals surface area contributed by atoms with Crippen molar-refractivity contribution in [3.63, 3.8) is 0 Å². The van der Waals surface area contributed by atoms with Gasteiger partial charge in [-0.3, -0.25) is 9.48 Å². The zero-order valence-corrected chi connectivity index (χ0v) is 8.15. The lowest BCUT2D eigenvalue weighted by molar-refractivity contribution is -0.148. The van der Waals surface area contributed by atoms with Gasteiger partial charge in [0.05, 0.1) is 11.6 Å². The molecule has 1 aromatic heterocycles. The molecule has 4 heteroatoms. The highest BCUT2D eigenvalue weighted by Crippen LogP contribution is 2.02. The molecule has 0 aliphatic heterocycles. The molecule has 0 saturated carbocycles. The van der Waals surface area contributed by atoms with Gasteiger partial charge in [0, 0.05) is 13.2 Å². The van der Waals surface area contributed by atoms with E-state index in [0.717, 1.165) is 5.69 Å². The largest absolute Gasteiger partial charge is 0.459 e. The molecule has 0 fully saturated rings. The molecule has 0 atom stereocenters. The first kappa shape index (κ1) is 9.77. The van der Waals surface area contributed by atoms with Gasteiger partial charge < -0.3 is 4.74 Å². The lowest BCUT2D eigenvalue weighted by Gasteiger charge is -2.06. The summed E-state index contributed by atoms with van der Waals surface area (Å²) in [6, 6.07) is 1.83. The highest BCUT2D eigenvalue weighted by molar-refractivity contribution is 5.71. The number of aryl methyl sites for hydroxylation is 1. The summed E-state index contributed by atoms with van der Waals surface area (Å²) in [4.78, 5) is 11.1. The van der Waals surface area contributed by atoms with Gasteiger partial charge in [0.2, 0.25) is 0 Å². The summed E-state index contributed by atoms with van der Waals surface area (Å²) in [5, 5.41) is 3.96. The molecule has 72 valence electrons. The summed E-state index contributed by atoms with van der Waals surface area (Å²) in [5.74, 6) is -0.255. The maximum absolute atomic E-state index is 11.1. The molecule has 0 aromatic carbocycles. The topological polar surface area (TPSA) is 44.1 Å². The van der Waals surface area contributed by atoms with Crippen LogP contribution in [0.25, 0.3) is 0 Å². The van der Waals surface area contributed by atoms with Crippen LogP contribution in [0.4, 0.5) is 0 Å². The summed E-state index contributed by atoms with van der Waals surface area (Å²) in [6.07, 6.45) is 1.68. The lowest BCUT2D eigenvalue weighted by Crippen LogP contribution is -2.12. The highest BCUT2D eigenvalue weighted by Gasteiger charge is 2.09. The average Bonchev–Trinajstić information content (AvgIpc) is 2.47. The van der Waals surface area contributed by atoms with Crippen molar-refractivity contribution in [1.29, 1.82) is 0 Å². The quantitative estimate of drug-likeness (QED) is 0.658. The predicted octanol–water partition coefficient (Wildman–Crippen LogP) is 1.12. The molecule has 0 aliphatic rings. The van der Waals surface area contributed by atoms with Gasteiger partial charge in [-0.2, -0.15) is 5.10 Å². The second-order valence-corrected chi connectivity index (χ2v) is 3.21. The summed E-state index contributed by atoms with van der Waals surface area (Å²) >= 11 is 0. The van der Waals surface area contributed by atoms with E-state index in [1.54, 1.807) is 10.9 Å². The number of hydrogen-bond donors (Lipinski definition) is 0. The Morgan fingerprint density at radius 3 is 2.85 bits per heavy atom. The normalized spacial score (nSPS) is 10.5. The number of carbonyl (C=O) groups is 1. The maximum Gasteiger partial charge on any atom is 0.308 e. The van der Waals surface area contributed by atoms with Crippen molar-refractivity contribution in [1.82, 2.24) is 9.78 Å². The van der Waals surface area contributed by atoms with Crippen LogP contribution in [0.2, 0.25) is 0 Å². The van der Waals surface area contributed by atoms with Gasteiger partial charge in [0.1, 0.15) is 6.61 Å². The first-order chi connectivity index (χ1) is 6.11.